The minimum atomic E-state index is -4.43. The zero-order valence-corrected chi connectivity index (χ0v) is 16.2. The zero-order valence-electron chi connectivity index (χ0n) is 16.2. The molecular formula is C23H21F3N2O2. The highest BCUT2D eigenvalue weighted by Gasteiger charge is 2.30. The number of nitrogens with one attached hydrogen (secondary N) is 2. The minimum Gasteiger partial charge on any atom is -0.384 e. The van der Waals surface area contributed by atoms with Gasteiger partial charge in [0, 0.05) is 5.69 Å². The van der Waals surface area contributed by atoms with E-state index in [0.29, 0.717) is 5.56 Å². The largest absolute Gasteiger partial charge is 0.416 e. The first-order chi connectivity index (χ1) is 14.1. The van der Waals surface area contributed by atoms with Crippen molar-refractivity contribution in [2.75, 3.05) is 11.9 Å². The van der Waals surface area contributed by atoms with Gasteiger partial charge in [0.25, 0.3) is 0 Å². The van der Waals surface area contributed by atoms with E-state index < -0.39 is 23.4 Å². The van der Waals surface area contributed by atoms with E-state index in [0.717, 1.165) is 23.3 Å². The van der Waals surface area contributed by atoms with Crippen LogP contribution in [0, 0.1) is 0 Å². The topological polar surface area (TPSA) is 61.4 Å². The Balaban J connectivity index is 1.58. The molecule has 0 heterocycles. The number of carbonyl (C=O) groups excluding carboxylic acids is 1. The molecule has 3 rings (SSSR count). The first kappa shape index (κ1) is 21.4. The molecule has 0 spiro atoms. The second kappa shape index (κ2) is 8.59. The molecule has 0 bridgehead atoms. The average molecular weight is 414 g/mol. The number of amides is 2. The maximum Gasteiger partial charge on any atom is 0.416 e. The van der Waals surface area contributed by atoms with Gasteiger partial charge < -0.3 is 15.7 Å². The van der Waals surface area contributed by atoms with Crippen molar-refractivity contribution in [1.29, 1.82) is 0 Å². The maximum absolute atomic E-state index is 12.6. The van der Waals surface area contributed by atoms with Gasteiger partial charge in [0.2, 0.25) is 0 Å². The van der Waals surface area contributed by atoms with Gasteiger partial charge in [0.1, 0.15) is 5.60 Å². The smallest absolute Gasteiger partial charge is 0.384 e. The lowest BCUT2D eigenvalue weighted by Gasteiger charge is -2.24. The van der Waals surface area contributed by atoms with E-state index >= 15 is 0 Å². The molecule has 0 aliphatic rings. The Kier molecular flexibility index (Phi) is 6.12. The Bertz CT molecular complexity index is 984. The molecule has 0 saturated heterocycles. The maximum atomic E-state index is 12.6. The van der Waals surface area contributed by atoms with Gasteiger partial charge in [-0.05, 0) is 47.9 Å². The van der Waals surface area contributed by atoms with Crippen LogP contribution in [0.15, 0.2) is 78.9 Å². The monoisotopic (exact) mass is 414 g/mol. The van der Waals surface area contributed by atoms with Gasteiger partial charge in [-0.1, -0.05) is 54.6 Å². The van der Waals surface area contributed by atoms with Crippen molar-refractivity contribution in [1.82, 2.24) is 5.32 Å². The standard InChI is InChI=1S/C23H21F3N2O2/c1-22(30,18-9-7-17(8-10-18)16-5-3-2-4-6-16)15-27-21(29)28-20-13-11-19(12-14-20)23(24,25)26/h2-14,30H,15H2,1H3,(H2,27,28,29). The van der Waals surface area contributed by atoms with Crippen LogP contribution >= 0.6 is 0 Å². The molecule has 0 saturated carbocycles. The lowest BCUT2D eigenvalue weighted by atomic mass is 9.94. The van der Waals surface area contributed by atoms with Crippen LogP contribution < -0.4 is 10.6 Å². The second-order valence-corrected chi connectivity index (χ2v) is 7.10. The molecule has 30 heavy (non-hydrogen) atoms. The van der Waals surface area contributed by atoms with Crippen molar-refractivity contribution in [3.05, 3.63) is 90.0 Å². The third kappa shape index (κ3) is 5.39. The van der Waals surface area contributed by atoms with Gasteiger partial charge >= 0.3 is 12.2 Å². The molecule has 1 atom stereocenters. The minimum absolute atomic E-state index is 0.0792. The molecule has 3 aromatic carbocycles. The van der Waals surface area contributed by atoms with Crippen LogP contribution in [0.5, 0.6) is 0 Å². The molecule has 0 aliphatic heterocycles. The molecule has 0 aromatic heterocycles. The Hall–Kier alpha value is -3.32. The fourth-order valence-electron chi connectivity index (χ4n) is 2.92. The Morgan fingerprint density at radius 3 is 1.93 bits per heavy atom. The summed E-state index contributed by atoms with van der Waals surface area (Å²) in [6, 6.07) is 20.6. The van der Waals surface area contributed by atoms with E-state index in [1.165, 1.54) is 12.1 Å². The number of alkyl halides is 3. The highest BCUT2D eigenvalue weighted by molar-refractivity contribution is 5.89. The highest BCUT2D eigenvalue weighted by atomic mass is 19.4. The molecule has 3 N–H and O–H groups in total. The lowest BCUT2D eigenvalue weighted by molar-refractivity contribution is -0.137. The number of benzene rings is 3. The van der Waals surface area contributed by atoms with Gasteiger partial charge in [-0.25, -0.2) is 4.79 Å². The molecule has 0 radical (unpaired) electrons. The number of carbonyl (C=O) groups is 1. The van der Waals surface area contributed by atoms with Crippen LogP contribution in [0.2, 0.25) is 0 Å². The van der Waals surface area contributed by atoms with Crippen LogP contribution in [-0.2, 0) is 11.8 Å². The third-order valence-electron chi connectivity index (χ3n) is 4.68. The summed E-state index contributed by atoms with van der Waals surface area (Å²) in [5.74, 6) is 0. The van der Waals surface area contributed by atoms with Crippen molar-refractivity contribution >= 4 is 11.7 Å². The number of hydrogen-bond acceptors (Lipinski definition) is 2. The van der Waals surface area contributed by atoms with Crippen molar-refractivity contribution < 1.29 is 23.1 Å². The molecular weight excluding hydrogens is 393 g/mol. The van der Waals surface area contributed by atoms with E-state index in [-0.39, 0.29) is 12.2 Å². The molecule has 0 aliphatic carbocycles. The SMILES string of the molecule is CC(O)(CNC(=O)Nc1ccc(C(F)(F)F)cc1)c1ccc(-c2ccccc2)cc1. The summed E-state index contributed by atoms with van der Waals surface area (Å²) in [6.07, 6.45) is -4.43. The second-order valence-electron chi connectivity index (χ2n) is 7.10. The van der Waals surface area contributed by atoms with Crippen LogP contribution in [-0.4, -0.2) is 17.7 Å². The number of rotatable bonds is 5. The quantitative estimate of drug-likeness (QED) is 0.523. The number of anilines is 1. The highest BCUT2D eigenvalue weighted by Crippen LogP contribution is 2.30. The Labute approximate surface area is 172 Å². The van der Waals surface area contributed by atoms with Gasteiger partial charge in [-0.2, -0.15) is 13.2 Å². The normalized spacial score (nSPS) is 13.4. The summed E-state index contributed by atoms with van der Waals surface area (Å²) in [5, 5.41) is 15.7. The van der Waals surface area contributed by atoms with Crippen molar-refractivity contribution in [3.8, 4) is 11.1 Å². The van der Waals surface area contributed by atoms with Crippen molar-refractivity contribution in [3.63, 3.8) is 0 Å². The fraction of sp³-hybridized carbons (Fsp3) is 0.174. The van der Waals surface area contributed by atoms with Crippen LogP contribution in [0.4, 0.5) is 23.7 Å². The molecule has 1 unspecified atom stereocenters. The average Bonchev–Trinajstić information content (AvgIpc) is 2.73. The molecule has 2 amide bonds. The van der Waals surface area contributed by atoms with E-state index in [1.807, 2.05) is 42.5 Å². The van der Waals surface area contributed by atoms with E-state index in [1.54, 1.807) is 19.1 Å². The number of halogens is 3. The molecule has 156 valence electrons. The molecule has 4 nitrogen and oxygen atoms in total. The van der Waals surface area contributed by atoms with Crippen LogP contribution in [0.25, 0.3) is 11.1 Å². The lowest BCUT2D eigenvalue weighted by Crippen LogP contribution is -2.40. The third-order valence-corrected chi connectivity index (χ3v) is 4.68. The molecule has 3 aromatic rings. The molecule has 7 heteroatoms. The number of urea groups is 1. The van der Waals surface area contributed by atoms with Crippen molar-refractivity contribution in [2.45, 2.75) is 18.7 Å². The predicted octanol–water partition coefficient (Wildman–Crippen LogP) is 5.40. The molecule has 0 fully saturated rings. The summed E-state index contributed by atoms with van der Waals surface area (Å²) in [5.41, 5.74) is 0.771. The summed E-state index contributed by atoms with van der Waals surface area (Å²) < 4.78 is 37.8. The Morgan fingerprint density at radius 1 is 0.833 bits per heavy atom. The van der Waals surface area contributed by atoms with Gasteiger partial charge in [-0.15, -0.1) is 0 Å². The van der Waals surface area contributed by atoms with Gasteiger partial charge in [0.05, 0.1) is 12.1 Å². The Morgan fingerprint density at radius 2 is 1.37 bits per heavy atom. The van der Waals surface area contributed by atoms with Crippen LogP contribution in [0.1, 0.15) is 18.1 Å². The summed E-state index contributed by atoms with van der Waals surface area (Å²) >= 11 is 0. The summed E-state index contributed by atoms with van der Waals surface area (Å²) in [4.78, 5) is 12.1. The predicted molar refractivity (Wildman–Crippen MR) is 110 cm³/mol. The van der Waals surface area contributed by atoms with E-state index in [9.17, 15) is 23.1 Å². The van der Waals surface area contributed by atoms with E-state index in [4.69, 9.17) is 0 Å². The number of hydrogen-bond donors (Lipinski definition) is 3. The first-order valence-corrected chi connectivity index (χ1v) is 9.26. The number of aliphatic hydroxyl groups is 1. The van der Waals surface area contributed by atoms with Gasteiger partial charge in [-0.3, -0.25) is 0 Å². The van der Waals surface area contributed by atoms with E-state index in [2.05, 4.69) is 10.6 Å². The zero-order chi connectivity index (χ0) is 21.8. The fourth-order valence-corrected chi connectivity index (χ4v) is 2.92. The summed E-state index contributed by atoms with van der Waals surface area (Å²) in [7, 11) is 0. The van der Waals surface area contributed by atoms with Gasteiger partial charge in [0.15, 0.2) is 0 Å². The summed E-state index contributed by atoms with van der Waals surface area (Å²) in [6.45, 7) is 1.49. The van der Waals surface area contributed by atoms with Crippen LogP contribution in [0.3, 0.4) is 0 Å². The van der Waals surface area contributed by atoms with Crippen molar-refractivity contribution in [2.24, 2.45) is 0 Å². The first-order valence-electron chi connectivity index (χ1n) is 9.26.